The van der Waals surface area contributed by atoms with Crippen molar-refractivity contribution in [1.29, 1.82) is 0 Å². The molecule has 0 fully saturated rings. The number of aromatic amines is 2. The molecule has 1 aromatic carbocycles. The van der Waals surface area contributed by atoms with Crippen LogP contribution in [-0.4, -0.2) is 34.1 Å². The van der Waals surface area contributed by atoms with Crippen molar-refractivity contribution in [3.63, 3.8) is 0 Å². The molecule has 0 saturated heterocycles. The third-order valence-corrected chi connectivity index (χ3v) is 3.44. The quantitative estimate of drug-likeness (QED) is 0.392. The smallest absolute Gasteiger partial charge is 0.317 e. The molecule has 3 aromatic heterocycles. The number of hydrogen-bond donors (Lipinski definition) is 2. The molecule has 0 unspecified atom stereocenters. The van der Waals surface area contributed by atoms with Crippen LogP contribution in [-0.2, 0) is 0 Å². The van der Waals surface area contributed by atoms with Gasteiger partial charge in [-0.05, 0) is 6.07 Å². The third kappa shape index (κ3) is 1.76. The Bertz CT molecular complexity index is 1180. The molecule has 0 aliphatic rings. The highest BCUT2D eigenvalue weighted by Crippen LogP contribution is 2.27. The number of nitrogens with zero attached hydrogens (tertiary/aromatic N) is 5. The molecule has 0 bridgehead atoms. The fourth-order valence-electron chi connectivity index (χ4n) is 2.46. The number of benzene rings is 1. The average molecular weight is 313 g/mol. The number of rotatable bonds is 2. The van der Waals surface area contributed by atoms with Gasteiger partial charge in [-0.25, -0.2) is 19.3 Å². The highest BCUT2D eigenvalue weighted by atomic mass is 16.6. The molecule has 4 aromatic rings. The van der Waals surface area contributed by atoms with E-state index >= 15 is 0 Å². The van der Waals surface area contributed by atoms with Gasteiger partial charge in [0.15, 0.2) is 0 Å². The van der Waals surface area contributed by atoms with Gasteiger partial charge >= 0.3 is 5.69 Å². The van der Waals surface area contributed by atoms with Crippen LogP contribution >= 0.6 is 0 Å². The molecule has 0 spiro atoms. The topological polar surface area (TPSA) is 144 Å². The van der Waals surface area contributed by atoms with Gasteiger partial charge in [-0.2, -0.15) is 0 Å². The van der Waals surface area contributed by atoms with Crippen molar-refractivity contribution in [2.45, 2.75) is 0 Å². The summed E-state index contributed by atoms with van der Waals surface area (Å²) in [5, 5.41) is 17.2. The van der Waals surface area contributed by atoms with Crippen LogP contribution in [0.15, 0.2) is 40.4 Å². The molecular weight excluding hydrogens is 306 g/mol. The van der Waals surface area contributed by atoms with E-state index in [2.05, 4.69) is 20.2 Å². The predicted octanol–water partition coefficient (Wildman–Crippen LogP) is -0.0420. The molecule has 2 N–H and O–H groups in total. The zero-order chi connectivity index (χ0) is 16.1. The van der Waals surface area contributed by atoms with Crippen molar-refractivity contribution in [3.05, 3.63) is 61.8 Å². The van der Waals surface area contributed by atoms with Crippen molar-refractivity contribution in [2.24, 2.45) is 0 Å². The summed E-state index contributed by atoms with van der Waals surface area (Å²) < 4.78 is 2.51. The van der Waals surface area contributed by atoms with Gasteiger partial charge < -0.3 is 9.55 Å². The Labute approximate surface area is 125 Å². The molecule has 114 valence electrons. The average Bonchev–Trinajstić information content (AvgIpc) is 3.16. The number of aromatic nitrogens is 6. The maximum Gasteiger partial charge on any atom is 0.348 e. The number of hydrogen-bond acceptors (Lipinski definition) is 6. The van der Waals surface area contributed by atoms with E-state index in [1.165, 1.54) is 35.4 Å². The van der Waals surface area contributed by atoms with E-state index in [1.807, 2.05) is 0 Å². The maximum atomic E-state index is 11.9. The molecule has 23 heavy (non-hydrogen) atoms. The summed E-state index contributed by atoms with van der Waals surface area (Å²) in [6.45, 7) is 0. The SMILES string of the molecule is O=c1[nH]c2cc([N+](=O)[O-])c(-n3ccnc3)cc2n2c(=O)[nH]nc12. The summed E-state index contributed by atoms with van der Waals surface area (Å²) in [6, 6.07) is 2.62. The second-order valence-corrected chi connectivity index (χ2v) is 4.73. The monoisotopic (exact) mass is 313 g/mol. The van der Waals surface area contributed by atoms with Crippen molar-refractivity contribution in [2.75, 3.05) is 0 Å². The second-order valence-electron chi connectivity index (χ2n) is 4.73. The summed E-state index contributed by atoms with van der Waals surface area (Å²) in [4.78, 5) is 40.9. The van der Waals surface area contributed by atoms with Gasteiger partial charge in [-0.15, -0.1) is 5.10 Å². The van der Waals surface area contributed by atoms with Crippen LogP contribution < -0.4 is 11.2 Å². The predicted molar refractivity (Wildman–Crippen MR) is 77.7 cm³/mol. The Morgan fingerprint density at radius 2 is 2.09 bits per heavy atom. The van der Waals surface area contributed by atoms with E-state index in [0.29, 0.717) is 0 Å². The first-order chi connectivity index (χ1) is 11.1. The summed E-state index contributed by atoms with van der Waals surface area (Å²) in [6.07, 6.45) is 4.41. The van der Waals surface area contributed by atoms with E-state index < -0.39 is 16.2 Å². The molecule has 0 aliphatic heterocycles. The number of nitro benzene ring substituents is 1. The van der Waals surface area contributed by atoms with Gasteiger partial charge in [0, 0.05) is 18.5 Å². The molecule has 4 rings (SSSR count). The Balaban J connectivity index is 2.23. The van der Waals surface area contributed by atoms with Crippen LogP contribution in [0.2, 0.25) is 0 Å². The molecule has 0 saturated carbocycles. The lowest BCUT2D eigenvalue weighted by Gasteiger charge is -2.07. The van der Waals surface area contributed by atoms with Crippen molar-refractivity contribution in [1.82, 2.24) is 29.1 Å². The van der Waals surface area contributed by atoms with Gasteiger partial charge in [0.2, 0.25) is 5.65 Å². The van der Waals surface area contributed by atoms with Crippen molar-refractivity contribution < 1.29 is 4.92 Å². The minimum absolute atomic E-state index is 0.118. The Morgan fingerprint density at radius 3 is 2.78 bits per heavy atom. The van der Waals surface area contributed by atoms with E-state index in [4.69, 9.17) is 0 Å². The number of nitro groups is 1. The molecule has 0 amide bonds. The minimum Gasteiger partial charge on any atom is -0.317 e. The van der Waals surface area contributed by atoms with Crippen LogP contribution in [0.25, 0.3) is 22.4 Å². The van der Waals surface area contributed by atoms with Crippen LogP contribution in [0.3, 0.4) is 0 Å². The highest BCUT2D eigenvalue weighted by Gasteiger charge is 2.20. The first kappa shape index (κ1) is 12.9. The maximum absolute atomic E-state index is 11.9. The van der Waals surface area contributed by atoms with Gasteiger partial charge in [0.1, 0.15) is 5.69 Å². The van der Waals surface area contributed by atoms with E-state index in [0.717, 1.165) is 4.40 Å². The number of H-pyrrole nitrogens is 2. The fourth-order valence-corrected chi connectivity index (χ4v) is 2.46. The van der Waals surface area contributed by atoms with E-state index in [1.54, 1.807) is 0 Å². The normalized spacial score (nSPS) is 11.3. The lowest BCUT2D eigenvalue weighted by atomic mass is 10.2. The van der Waals surface area contributed by atoms with Gasteiger partial charge in [0.05, 0.1) is 22.3 Å². The molecule has 3 heterocycles. The lowest BCUT2D eigenvalue weighted by molar-refractivity contribution is -0.384. The highest BCUT2D eigenvalue weighted by molar-refractivity contribution is 5.83. The van der Waals surface area contributed by atoms with E-state index in [9.17, 15) is 19.7 Å². The number of fused-ring (bicyclic) bond motifs is 3. The third-order valence-electron chi connectivity index (χ3n) is 3.44. The first-order valence-corrected chi connectivity index (χ1v) is 6.36. The second kappa shape index (κ2) is 4.37. The number of nitrogens with one attached hydrogen (secondary N) is 2. The Morgan fingerprint density at radius 1 is 1.26 bits per heavy atom. The van der Waals surface area contributed by atoms with E-state index in [-0.39, 0.29) is 28.1 Å². The van der Waals surface area contributed by atoms with Gasteiger partial charge in [-0.1, -0.05) is 0 Å². The molecule has 0 radical (unpaired) electrons. The zero-order valence-corrected chi connectivity index (χ0v) is 11.3. The van der Waals surface area contributed by atoms with Crippen LogP contribution in [0.1, 0.15) is 0 Å². The van der Waals surface area contributed by atoms with Crippen molar-refractivity contribution >= 4 is 22.4 Å². The van der Waals surface area contributed by atoms with Crippen LogP contribution in [0.4, 0.5) is 5.69 Å². The van der Waals surface area contributed by atoms with Crippen molar-refractivity contribution in [3.8, 4) is 5.69 Å². The molecule has 11 nitrogen and oxygen atoms in total. The summed E-state index contributed by atoms with van der Waals surface area (Å²) in [5.74, 6) is 0. The van der Waals surface area contributed by atoms with Crippen LogP contribution in [0, 0.1) is 10.1 Å². The van der Waals surface area contributed by atoms with Gasteiger partial charge in [0.25, 0.3) is 11.2 Å². The van der Waals surface area contributed by atoms with Gasteiger partial charge in [-0.3, -0.25) is 14.9 Å². The molecular formula is C12H7N7O4. The molecule has 11 heteroatoms. The first-order valence-electron chi connectivity index (χ1n) is 6.36. The Kier molecular flexibility index (Phi) is 2.46. The standard InChI is InChI=1S/C12H7N7O4/c20-11-10-15-16-12(21)18(10)7-4-8(17-2-1-13-5-17)9(19(22)23)3-6(7)14-11/h1-5H,(H,14,20)(H,16,21). The zero-order valence-electron chi connectivity index (χ0n) is 11.3. The Hall–Kier alpha value is -3.76. The molecule has 0 aliphatic carbocycles. The molecule has 0 atom stereocenters. The number of imidazole rings is 1. The summed E-state index contributed by atoms with van der Waals surface area (Å²) in [7, 11) is 0. The largest absolute Gasteiger partial charge is 0.348 e. The summed E-state index contributed by atoms with van der Waals surface area (Å²) >= 11 is 0. The fraction of sp³-hybridized carbons (Fsp3) is 0. The summed E-state index contributed by atoms with van der Waals surface area (Å²) in [5.41, 5.74) is -0.937. The lowest BCUT2D eigenvalue weighted by Crippen LogP contribution is -2.17. The minimum atomic E-state index is -0.625. The van der Waals surface area contributed by atoms with Crippen LogP contribution in [0.5, 0.6) is 0 Å².